The Balaban J connectivity index is 2.51. The van der Waals surface area contributed by atoms with Gasteiger partial charge in [-0.25, -0.2) is 4.98 Å². The van der Waals surface area contributed by atoms with Gasteiger partial charge < -0.3 is 4.74 Å². The number of alkyl halides is 3. The van der Waals surface area contributed by atoms with Crippen LogP contribution in [0, 0.1) is 0 Å². The van der Waals surface area contributed by atoms with E-state index in [-0.39, 0.29) is 11.4 Å². The lowest BCUT2D eigenvalue weighted by atomic mass is 10.1. The highest BCUT2D eigenvalue weighted by Gasteiger charge is 2.34. The molecule has 0 N–H and O–H groups in total. The summed E-state index contributed by atoms with van der Waals surface area (Å²) >= 11 is 1.11. The fourth-order valence-corrected chi connectivity index (χ4v) is 2.30. The lowest BCUT2D eigenvalue weighted by molar-refractivity contribution is -0.138. The molecule has 3 nitrogen and oxygen atoms in total. The highest BCUT2D eigenvalue weighted by atomic mass is 32.1. The van der Waals surface area contributed by atoms with Gasteiger partial charge in [0.1, 0.15) is 16.5 Å². The Labute approximate surface area is 110 Å². The third kappa shape index (κ3) is 2.76. The number of hydrogen-bond donors (Lipinski definition) is 0. The number of carbonyl (C=O) groups is 1. The molecule has 0 fully saturated rings. The Morgan fingerprint density at radius 3 is 2.63 bits per heavy atom. The maximum absolute atomic E-state index is 12.8. The summed E-state index contributed by atoms with van der Waals surface area (Å²) in [6, 6.07) is 3.67. The van der Waals surface area contributed by atoms with Gasteiger partial charge in [0.2, 0.25) is 0 Å². The van der Waals surface area contributed by atoms with E-state index in [2.05, 4.69) is 4.98 Å². The Morgan fingerprint density at radius 1 is 1.37 bits per heavy atom. The fourth-order valence-electron chi connectivity index (χ4n) is 1.54. The summed E-state index contributed by atoms with van der Waals surface area (Å²) in [5.74, 6) is -0.247. The molecule has 0 aliphatic rings. The first-order valence-electron chi connectivity index (χ1n) is 5.12. The molecular formula is C12H8F3NO2S. The number of hydrogen-bond acceptors (Lipinski definition) is 4. The zero-order valence-corrected chi connectivity index (χ0v) is 10.5. The average molecular weight is 287 g/mol. The van der Waals surface area contributed by atoms with Crippen molar-refractivity contribution in [3.8, 4) is 16.3 Å². The molecule has 0 bridgehead atoms. The zero-order valence-electron chi connectivity index (χ0n) is 9.69. The highest BCUT2D eigenvalue weighted by molar-refractivity contribution is 7.13. The van der Waals surface area contributed by atoms with Crippen LogP contribution in [0.3, 0.4) is 0 Å². The smallest absolute Gasteiger partial charge is 0.419 e. The number of ether oxygens (including phenoxy) is 1. The van der Waals surface area contributed by atoms with Crippen LogP contribution >= 0.6 is 11.3 Å². The van der Waals surface area contributed by atoms with Gasteiger partial charge in [-0.3, -0.25) is 4.79 Å². The summed E-state index contributed by atoms with van der Waals surface area (Å²) in [7, 11) is 1.18. The number of benzene rings is 1. The molecule has 0 aliphatic heterocycles. The molecule has 0 radical (unpaired) electrons. The monoisotopic (exact) mass is 287 g/mol. The third-order valence-corrected chi connectivity index (χ3v) is 3.30. The normalized spacial score (nSPS) is 11.4. The number of carbonyl (C=O) groups excluding carboxylic acids is 1. The first-order valence-corrected chi connectivity index (χ1v) is 6.00. The van der Waals surface area contributed by atoms with Crippen molar-refractivity contribution in [1.82, 2.24) is 4.98 Å². The SMILES string of the molecule is COc1ccc(-c2nc(C=O)cs2)cc1C(F)(F)F. The molecule has 0 amide bonds. The Kier molecular flexibility index (Phi) is 3.57. The van der Waals surface area contributed by atoms with E-state index < -0.39 is 11.7 Å². The van der Waals surface area contributed by atoms with E-state index in [1.54, 1.807) is 0 Å². The minimum absolute atomic E-state index is 0.198. The summed E-state index contributed by atoms with van der Waals surface area (Å²) in [6.07, 6.45) is -3.96. The van der Waals surface area contributed by atoms with E-state index in [4.69, 9.17) is 4.74 Å². The molecule has 0 spiro atoms. The van der Waals surface area contributed by atoms with Gasteiger partial charge in [-0.1, -0.05) is 0 Å². The van der Waals surface area contributed by atoms with Crippen molar-refractivity contribution in [2.45, 2.75) is 6.18 Å². The summed E-state index contributed by atoms with van der Waals surface area (Å²) < 4.78 is 43.2. The van der Waals surface area contributed by atoms with Gasteiger partial charge in [-0.15, -0.1) is 11.3 Å². The van der Waals surface area contributed by atoms with E-state index >= 15 is 0 Å². The first kappa shape index (κ1) is 13.5. The van der Waals surface area contributed by atoms with Crippen LogP contribution in [0.15, 0.2) is 23.6 Å². The molecule has 0 aliphatic carbocycles. The van der Waals surface area contributed by atoms with Crippen molar-refractivity contribution < 1.29 is 22.7 Å². The molecule has 1 aromatic heterocycles. The van der Waals surface area contributed by atoms with Crippen molar-refractivity contribution in [2.24, 2.45) is 0 Å². The number of rotatable bonds is 3. The summed E-state index contributed by atoms with van der Waals surface area (Å²) in [5.41, 5.74) is -0.369. The van der Waals surface area contributed by atoms with Crippen molar-refractivity contribution >= 4 is 17.6 Å². The van der Waals surface area contributed by atoms with E-state index in [1.807, 2.05) is 0 Å². The number of nitrogens with zero attached hydrogens (tertiary/aromatic N) is 1. The number of aromatic nitrogens is 1. The van der Waals surface area contributed by atoms with Gasteiger partial charge in [0.25, 0.3) is 0 Å². The maximum atomic E-state index is 12.8. The van der Waals surface area contributed by atoms with Crippen LogP contribution < -0.4 is 4.74 Å². The number of halogens is 3. The Bertz CT molecular complexity index is 607. The van der Waals surface area contributed by atoms with Gasteiger partial charge in [0.15, 0.2) is 6.29 Å². The predicted octanol–water partition coefficient (Wildman–Crippen LogP) is 3.65. The second-order valence-electron chi connectivity index (χ2n) is 3.61. The first-order chi connectivity index (χ1) is 8.95. The zero-order chi connectivity index (χ0) is 14.0. The quantitative estimate of drug-likeness (QED) is 0.809. The number of methoxy groups -OCH3 is 1. The summed E-state index contributed by atoms with van der Waals surface area (Å²) in [5, 5.41) is 1.84. The van der Waals surface area contributed by atoms with Crippen molar-refractivity contribution in [3.63, 3.8) is 0 Å². The molecule has 0 saturated heterocycles. The van der Waals surface area contributed by atoms with Crippen LogP contribution in [0.5, 0.6) is 5.75 Å². The lowest BCUT2D eigenvalue weighted by Crippen LogP contribution is -2.07. The number of thiazole rings is 1. The molecule has 0 atom stereocenters. The highest BCUT2D eigenvalue weighted by Crippen LogP contribution is 2.39. The largest absolute Gasteiger partial charge is 0.496 e. The molecule has 2 aromatic rings. The van der Waals surface area contributed by atoms with E-state index in [0.717, 1.165) is 17.4 Å². The summed E-state index contributed by atoms with van der Waals surface area (Å²) in [4.78, 5) is 14.4. The van der Waals surface area contributed by atoms with Crippen LogP contribution in [0.2, 0.25) is 0 Å². The van der Waals surface area contributed by atoms with E-state index in [9.17, 15) is 18.0 Å². The van der Waals surface area contributed by atoms with Crippen LogP contribution in [-0.2, 0) is 6.18 Å². The molecule has 19 heavy (non-hydrogen) atoms. The van der Waals surface area contributed by atoms with Crippen LogP contribution in [0.25, 0.3) is 10.6 Å². The fraction of sp³-hybridized carbons (Fsp3) is 0.167. The Morgan fingerprint density at radius 2 is 2.11 bits per heavy atom. The van der Waals surface area contributed by atoms with Crippen molar-refractivity contribution in [3.05, 3.63) is 34.8 Å². The topological polar surface area (TPSA) is 39.2 Å². The second kappa shape index (κ2) is 5.00. The number of aldehydes is 1. The molecule has 0 saturated carbocycles. The van der Waals surface area contributed by atoms with Crippen LogP contribution in [0.4, 0.5) is 13.2 Å². The minimum Gasteiger partial charge on any atom is -0.496 e. The lowest BCUT2D eigenvalue weighted by Gasteiger charge is -2.12. The standard InChI is InChI=1S/C12H8F3NO2S/c1-18-10-3-2-7(4-9(10)12(13,14)15)11-16-8(5-17)6-19-11/h2-6H,1H3. The van der Waals surface area contributed by atoms with Gasteiger partial charge in [-0.2, -0.15) is 13.2 Å². The molecule has 7 heteroatoms. The molecule has 100 valence electrons. The second-order valence-corrected chi connectivity index (χ2v) is 4.47. The van der Waals surface area contributed by atoms with Gasteiger partial charge in [-0.05, 0) is 18.2 Å². The van der Waals surface area contributed by atoms with Crippen LogP contribution in [0.1, 0.15) is 16.1 Å². The summed E-state index contributed by atoms with van der Waals surface area (Å²) in [6.45, 7) is 0. The molecule has 1 aromatic carbocycles. The molecule has 0 unspecified atom stereocenters. The average Bonchev–Trinajstić information content (AvgIpc) is 2.85. The van der Waals surface area contributed by atoms with Gasteiger partial charge in [0.05, 0.1) is 12.7 Å². The van der Waals surface area contributed by atoms with Gasteiger partial charge >= 0.3 is 6.18 Å². The molecular weight excluding hydrogens is 279 g/mol. The van der Waals surface area contributed by atoms with Gasteiger partial charge in [0, 0.05) is 10.9 Å². The van der Waals surface area contributed by atoms with Crippen LogP contribution in [-0.4, -0.2) is 18.4 Å². The third-order valence-electron chi connectivity index (χ3n) is 2.39. The molecule has 1 heterocycles. The van der Waals surface area contributed by atoms with E-state index in [1.165, 1.54) is 24.6 Å². The van der Waals surface area contributed by atoms with E-state index in [0.29, 0.717) is 16.9 Å². The molecule has 2 rings (SSSR count). The Hall–Kier alpha value is -1.89. The van der Waals surface area contributed by atoms with Crippen molar-refractivity contribution in [2.75, 3.05) is 7.11 Å². The minimum atomic E-state index is -4.51. The maximum Gasteiger partial charge on any atom is 0.419 e. The predicted molar refractivity (Wildman–Crippen MR) is 64.5 cm³/mol. The van der Waals surface area contributed by atoms with Crippen molar-refractivity contribution in [1.29, 1.82) is 0 Å².